The van der Waals surface area contributed by atoms with Gasteiger partial charge in [0.05, 0.1) is 6.42 Å². The van der Waals surface area contributed by atoms with Crippen LogP contribution in [-0.2, 0) is 14.3 Å². The van der Waals surface area contributed by atoms with Crippen LogP contribution in [0.5, 0.6) is 0 Å². The van der Waals surface area contributed by atoms with Crippen molar-refractivity contribution in [3.8, 4) is 0 Å². The van der Waals surface area contributed by atoms with E-state index in [-0.39, 0.29) is 25.2 Å². The molecule has 0 aliphatic carbocycles. The predicted molar refractivity (Wildman–Crippen MR) is 112 cm³/mol. The standard InChI is InChI=1S/C22H25NO4S/c1-15(2)16-4-8-18(9-5-16)23-21(25)14-27-22(26)13-12-20(24)17-6-10-19(28-3)11-7-17/h4-11,15H,12-14H2,1-3H3,(H,23,25). The Labute approximate surface area is 169 Å². The normalized spacial score (nSPS) is 10.6. The fraction of sp³-hybridized carbons (Fsp3) is 0.318. The van der Waals surface area contributed by atoms with Gasteiger partial charge in [-0.25, -0.2) is 0 Å². The molecule has 0 aliphatic rings. The highest BCUT2D eigenvalue weighted by Gasteiger charge is 2.12. The number of esters is 1. The second-order valence-electron chi connectivity index (χ2n) is 6.64. The summed E-state index contributed by atoms with van der Waals surface area (Å²) in [5.41, 5.74) is 2.39. The minimum atomic E-state index is -0.570. The maximum atomic E-state index is 12.1. The number of anilines is 1. The lowest BCUT2D eigenvalue weighted by Gasteiger charge is -2.09. The molecule has 6 heteroatoms. The van der Waals surface area contributed by atoms with Gasteiger partial charge in [0.2, 0.25) is 0 Å². The third kappa shape index (κ3) is 6.85. The van der Waals surface area contributed by atoms with E-state index in [1.165, 1.54) is 5.56 Å². The molecule has 0 aliphatic heterocycles. The molecule has 148 valence electrons. The first-order valence-corrected chi connectivity index (χ1v) is 10.3. The second kappa shape index (κ2) is 10.7. The largest absolute Gasteiger partial charge is 0.456 e. The molecular formula is C22H25NO4S. The summed E-state index contributed by atoms with van der Waals surface area (Å²) in [4.78, 5) is 36.9. The van der Waals surface area contributed by atoms with Crippen molar-refractivity contribution in [1.29, 1.82) is 0 Å². The minimum Gasteiger partial charge on any atom is -0.456 e. The lowest BCUT2D eigenvalue weighted by molar-refractivity contribution is -0.147. The maximum absolute atomic E-state index is 12.1. The number of hydrogen-bond donors (Lipinski definition) is 1. The molecule has 0 heterocycles. The Hall–Kier alpha value is -2.60. The van der Waals surface area contributed by atoms with Crippen LogP contribution in [0.15, 0.2) is 53.4 Å². The van der Waals surface area contributed by atoms with Gasteiger partial charge in [-0.05, 0) is 42.0 Å². The van der Waals surface area contributed by atoms with Crippen molar-refractivity contribution in [2.75, 3.05) is 18.2 Å². The molecule has 2 aromatic rings. The van der Waals surface area contributed by atoms with E-state index in [2.05, 4.69) is 19.2 Å². The summed E-state index contributed by atoms with van der Waals surface area (Å²) in [6.45, 7) is 3.82. The molecule has 1 amide bonds. The summed E-state index contributed by atoms with van der Waals surface area (Å²) in [6, 6.07) is 14.8. The number of Topliss-reactive ketones (excluding diaryl/α,β-unsaturated/α-hetero) is 1. The first kappa shape index (κ1) is 21.7. The molecule has 2 rings (SSSR count). The van der Waals surface area contributed by atoms with Crippen molar-refractivity contribution in [3.63, 3.8) is 0 Å². The zero-order chi connectivity index (χ0) is 20.5. The summed E-state index contributed by atoms with van der Waals surface area (Å²) in [6.07, 6.45) is 1.96. The second-order valence-corrected chi connectivity index (χ2v) is 7.52. The highest BCUT2D eigenvalue weighted by Crippen LogP contribution is 2.17. The molecule has 0 unspecified atom stereocenters. The lowest BCUT2D eigenvalue weighted by atomic mass is 10.0. The van der Waals surface area contributed by atoms with Gasteiger partial charge in [-0.15, -0.1) is 11.8 Å². The minimum absolute atomic E-state index is 0.0513. The third-order valence-corrected chi connectivity index (χ3v) is 4.94. The van der Waals surface area contributed by atoms with Crippen LogP contribution < -0.4 is 5.32 Å². The van der Waals surface area contributed by atoms with Gasteiger partial charge in [0.15, 0.2) is 12.4 Å². The number of amides is 1. The molecule has 0 radical (unpaired) electrons. The molecule has 1 N–H and O–H groups in total. The van der Waals surface area contributed by atoms with Crippen molar-refractivity contribution in [2.24, 2.45) is 0 Å². The SMILES string of the molecule is CSc1ccc(C(=O)CCC(=O)OCC(=O)Nc2ccc(C(C)C)cc2)cc1. The number of carbonyl (C=O) groups excluding carboxylic acids is 3. The number of hydrogen-bond acceptors (Lipinski definition) is 5. The molecular weight excluding hydrogens is 374 g/mol. The van der Waals surface area contributed by atoms with Gasteiger partial charge in [0.1, 0.15) is 0 Å². The van der Waals surface area contributed by atoms with E-state index in [9.17, 15) is 14.4 Å². The smallest absolute Gasteiger partial charge is 0.306 e. The first-order chi connectivity index (χ1) is 13.4. The van der Waals surface area contributed by atoms with Gasteiger partial charge in [-0.2, -0.15) is 0 Å². The van der Waals surface area contributed by atoms with Gasteiger partial charge in [0.25, 0.3) is 5.91 Å². The summed E-state index contributed by atoms with van der Waals surface area (Å²) in [5.74, 6) is -0.694. The van der Waals surface area contributed by atoms with E-state index in [0.717, 1.165) is 4.90 Å². The number of rotatable bonds is 9. The Kier molecular flexibility index (Phi) is 8.26. The fourth-order valence-corrected chi connectivity index (χ4v) is 2.91. The molecule has 0 fully saturated rings. The predicted octanol–water partition coefficient (Wildman–Crippen LogP) is 4.68. The molecule has 0 saturated heterocycles. The van der Waals surface area contributed by atoms with Crippen LogP contribution >= 0.6 is 11.8 Å². The Balaban J connectivity index is 1.72. The quantitative estimate of drug-likeness (QED) is 0.377. The van der Waals surface area contributed by atoms with Crippen molar-refractivity contribution in [3.05, 3.63) is 59.7 Å². The highest BCUT2D eigenvalue weighted by atomic mass is 32.2. The lowest BCUT2D eigenvalue weighted by Crippen LogP contribution is -2.21. The van der Waals surface area contributed by atoms with Crippen LogP contribution in [0.3, 0.4) is 0 Å². The Morgan fingerprint density at radius 3 is 2.18 bits per heavy atom. The summed E-state index contributed by atoms with van der Waals surface area (Å²) in [7, 11) is 0. The highest BCUT2D eigenvalue weighted by molar-refractivity contribution is 7.98. The van der Waals surface area contributed by atoms with E-state index in [4.69, 9.17) is 4.74 Å². The first-order valence-electron chi connectivity index (χ1n) is 9.11. The topological polar surface area (TPSA) is 72.5 Å². The zero-order valence-corrected chi connectivity index (χ0v) is 17.2. The van der Waals surface area contributed by atoms with E-state index < -0.39 is 11.9 Å². The molecule has 0 bridgehead atoms. The molecule has 5 nitrogen and oxygen atoms in total. The van der Waals surface area contributed by atoms with E-state index in [1.807, 2.05) is 42.7 Å². The maximum Gasteiger partial charge on any atom is 0.306 e. The van der Waals surface area contributed by atoms with Crippen LogP contribution in [-0.4, -0.2) is 30.5 Å². The third-order valence-electron chi connectivity index (χ3n) is 4.19. The zero-order valence-electron chi connectivity index (χ0n) is 16.4. The summed E-state index contributed by atoms with van der Waals surface area (Å²) < 4.78 is 4.95. The van der Waals surface area contributed by atoms with Crippen molar-refractivity contribution in [1.82, 2.24) is 0 Å². The molecule has 0 spiro atoms. The van der Waals surface area contributed by atoms with Gasteiger partial charge in [0, 0.05) is 22.6 Å². The van der Waals surface area contributed by atoms with Crippen molar-refractivity contribution in [2.45, 2.75) is 37.5 Å². The Bertz CT molecular complexity index is 813. The van der Waals surface area contributed by atoms with Crippen LogP contribution in [0.25, 0.3) is 0 Å². The van der Waals surface area contributed by atoms with Crippen LogP contribution in [0.1, 0.15) is 48.5 Å². The number of ketones is 1. The molecule has 0 aromatic heterocycles. The van der Waals surface area contributed by atoms with Gasteiger partial charge >= 0.3 is 5.97 Å². The van der Waals surface area contributed by atoms with Crippen LogP contribution in [0.2, 0.25) is 0 Å². The average molecular weight is 400 g/mol. The van der Waals surface area contributed by atoms with Gasteiger partial charge in [-0.3, -0.25) is 14.4 Å². The van der Waals surface area contributed by atoms with Crippen LogP contribution in [0, 0.1) is 0 Å². The monoisotopic (exact) mass is 399 g/mol. The molecule has 2 aromatic carbocycles. The summed E-state index contributed by atoms with van der Waals surface area (Å²) in [5, 5.41) is 2.68. The molecule has 0 saturated carbocycles. The van der Waals surface area contributed by atoms with E-state index in [1.54, 1.807) is 23.9 Å². The number of carbonyl (C=O) groups is 3. The van der Waals surface area contributed by atoms with Crippen molar-refractivity contribution < 1.29 is 19.1 Å². The number of nitrogens with one attached hydrogen (secondary N) is 1. The number of benzene rings is 2. The van der Waals surface area contributed by atoms with Gasteiger partial charge in [-0.1, -0.05) is 38.1 Å². The summed E-state index contributed by atoms with van der Waals surface area (Å²) >= 11 is 1.60. The van der Waals surface area contributed by atoms with Crippen molar-refractivity contribution >= 4 is 35.1 Å². The van der Waals surface area contributed by atoms with E-state index in [0.29, 0.717) is 17.2 Å². The molecule has 28 heavy (non-hydrogen) atoms. The number of ether oxygens (including phenoxy) is 1. The van der Waals surface area contributed by atoms with Crippen LogP contribution in [0.4, 0.5) is 5.69 Å². The van der Waals surface area contributed by atoms with Gasteiger partial charge < -0.3 is 10.1 Å². The number of thioether (sulfide) groups is 1. The average Bonchev–Trinajstić information content (AvgIpc) is 2.71. The van der Waals surface area contributed by atoms with E-state index >= 15 is 0 Å². The fourth-order valence-electron chi connectivity index (χ4n) is 2.50. The Morgan fingerprint density at radius 2 is 1.61 bits per heavy atom. The molecule has 0 atom stereocenters. The Morgan fingerprint density at radius 1 is 0.964 bits per heavy atom.